The zero-order valence-electron chi connectivity index (χ0n) is 16.1. The van der Waals surface area contributed by atoms with E-state index in [2.05, 4.69) is 60.5 Å². The minimum absolute atomic E-state index is 0.163. The Kier molecular flexibility index (Phi) is 14.3. The second kappa shape index (κ2) is 16.7. The molecule has 0 unspecified atom stereocenters. The highest BCUT2D eigenvalue weighted by Gasteiger charge is 2.06. The quantitative estimate of drug-likeness (QED) is 0.182. The molecular weight excluding hydrogens is 338 g/mol. The minimum Gasteiger partial charge on any atom is -0.292 e. The molecule has 2 nitrogen and oxygen atoms in total. The molecule has 0 aromatic carbocycles. The number of unbranched alkanes of at least 4 members (excludes halogenated alkanes) is 4. The Bertz CT molecular complexity index is 567. The van der Waals surface area contributed by atoms with E-state index < -0.39 is 0 Å². The Balaban J connectivity index is 1.94. The maximum absolute atomic E-state index is 11.8. The Morgan fingerprint density at radius 3 is 2.00 bits per heavy atom. The van der Waals surface area contributed by atoms with Crippen LogP contribution in [0.3, 0.4) is 0 Å². The monoisotopic (exact) mass is 371 g/mol. The first kappa shape index (κ1) is 22.3. The molecule has 0 amide bonds. The summed E-state index contributed by atoms with van der Waals surface area (Å²) in [5, 5.41) is 2.48. The molecular formula is C23H33NOS. The summed E-state index contributed by atoms with van der Waals surface area (Å²) in [7, 11) is 0. The second-order valence-corrected chi connectivity index (χ2v) is 7.14. The van der Waals surface area contributed by atoms with Crippen molar-refractivity contribution in [1.82, 2.24) is 4.98 Å². The maximum Gasteiger partial charge on any atom is 0.191 e. The van der Waals surface area contributed by atoms with E-state index in [0.717, 1.165) is 32.1 Å². The lowest BCUT2D eigenvalue weighted by atomic mass is 10.1. The third kappa shape index (κ3) is 12.6. The lowest BCUT2D eigenvalue weighted by molar-refractivity contribution is 0.0980. The van der Waals surface area contributed by atoms with Gasteiger partial charge in [-0.15, -0.1) is 11.3 Å². The van der Waals surface area contributed by atoms with E-state index in [1.165, 1.54) is 37.0 Å². The molecule has 0 saturated heterocycles. The van der Waals surface area contributed by atoms with Gasteiger partial charge in [-0.3, -0.25) is 4.79 Å². The molecule has 0 aliphatic heterocycles. The molecule has 0 saturated carbocycles. The van der Waals surface area contributed by atoms with Crippen molar-refractivity contribution in [2.24, 2.45) is 0 Å². The number of aromatic nitrogens is 1. The second-order valence-electron chi connectivity index (χ2n) is 6.24. The largest absolute Gasteiger partial charge is 0.292 e. The number of Topliss-reactive ketones (excluding diaryl/α,β-unsaturated/α-hetero) is 1. The van der Waals surface area contributed by atoms with E-state index in [0.29, 0.717) is 11.4 Å². The van der Waals surface area contributed by atoms with Crippen LogP contribution in [0.4, 0.5) is 0 Å². The molecule has 26 heavy (non-hydrogen) atoms. The van der Waals surface area contributed by atoms with Crippen LogP contribution in [0.2, 0.25) is 0 Å². The first-order chi connectivity index (χ1) is 12.8. The highest BCUT2D eigenvalue weighted by atomic mass is 32.1. The average molecular weight is 372 g/mol. The molecule has 0 spiro atoms. The van der Waals surface area contributed by atoms with Gasteiger partial charge in [0.05, 0.1) is 0 Å². The number of hydrogen-bond acceptors (Lipinski definition) is 3. The van der Waals surface area contributed by atoms with Crippen LogP contribution in [0.15, 0.2) is 60.2 Å². The fraction of sp³-hybridized carbons (Fsp3) is 0.478. The summed E-state index contributed by atoms with van der Waals surface area (Å²) < 4.78 is 0. The van der Waals surface area contributed by atoms with E-state index >= 15 is 0 Å². The number of carbonyl (C=O) groups excluding carboxylic acids is 1. The maximum atomic E-state index is 11.8. The van der Waals surface area contributed by atoms with E-state index in [9.17, 15) is 4.79 Å². The van der Waals surface area contributed by atoms with Gasteiger partial charge in [0.1, 0.15) is 0 Å². The lowest BCUT2D eigenvalue weighted by Gasteiger charge is -1.94. The summed E-state index contributed by atoms with van der Waals surface area (Å²) in [6.45, 7) is 2.24. The highest BCUT2D eigenvalue weighted by molar-refractivity contribution is 7.11. The lowest BCUT2D eigenvalue weighted by Crippen LogP contribution is -1.96. The number of rotatable bonds is 15. The zero-order chi connectivity index (χ0) is 18.7. The van der Waals surface area contributed by atoms with Crippen molar-refractivity contribution in [1.29, 1.82) is 0 Å². The molecule has 142 valence electrons. The smallest absolute Gasteiger partial charge is 0.191 e. The van der Waals surface area contributed by atoms with E-state index in [-0.39, 0.29) is 5.78 Å². The molecule has 0 radical (unpaired) electrons. The number of allylic oxidation sites excluding steroid dienone is 8. The first-order valence-corrected chi connectivity index (χ1v) is 10.7. The fourth-order valence-corrected chi connectivity index (χ4v) is 3.02. The summed E-state index contributed by atoms with van der Waals surface area (Å²) in [5.74, 6) is 0.163. The van der Waals surface area contributed by atoms with Crippen LogP contribution >= 0.6 is 11.3 Å². The van der Waals surface area contributed by atoms with Crippen LogP contribution < -0.4 is 0 Å². The molecule has 1 aromatic rings. The molecule has 1 heterocycles. The van der Waals surface area contributed by atoms with Gasteiger partial charge in [-0.2, -0.15) is 0 Å². The molecule has 1 aromatic heterocycles. The topological polar surface area (TPSA) is 30.0 Å². The number of nitrogens with zero attached hydrogens (tertiary/aromatic N) is 1. The van der Waals surface area contributed by atoms with Crippen molar-refractivity contribution in [3.63, 3.8) is 0 Å². The number of ketones is 1. The molecule has 0 aliphatic carbocycles. The van der Waals surface area contributed by atoms with Crippen molar-refractivity contribution < 1.29 is 4.79 Å². The minimum atomic E-state index is 0.163. The standard InChI is InChI=1S/C23H33NOS/c1-2-3-4-5-6-7-8-9-10-11-12-13-14-15-16-17-18-19-22(25)23-24-20-21-26-23/h6-7,9-10,12-13,15-16,20-21H,2-5,8,11,14,17-19H2,1H3/b7-6-,10-9-,13-12-,16-15-. The van der Waals surface area contributed by atoms with E-state index in [4.69, 9.17) is 0 Å². The fourth-order valence-electron chi connectivity index (χ4n) is 2.41. The average Bonchev–Trinajstić information content (AvgIpc) is 3.19. The van der Waals surface area contributed by atoms with Crippen LogP contribution in [0.1, 0.15) is 80.9 Å². The van der Waals surface area contributed by atoms with Crippen molar-refractivity contribution in [3.8, 4) is 0 Å². The van der Waals surface area contributed by atoms with Crippen LogP contribution in [0.5, 0.6) is 0 Å². The summed E-state index contributed by atoms with van der Waals surface area (Å²) in [6.07, 6.45) is 30.0. The number of hydrogen-bond donors (Lipinski definition) is 0. The van der Waals surface area contributed by atoms with Crippen LogP contribution in [0.25, 0.3) is 0 Å². The van der Waals surface area contributed by atoms with Gasteiger partial charge in [0.2, 0.25) is 0 Å². The summed E-state index contributed by atoms with van der Waals surface area (Å²) in [6, 6.07) is 0. The Morgan fingerprint density at radius 2 is 1.46 bits per heavy atom. The van der Waals surface area contributed by atoms with Crippen molar-refractivity contribution in [2.75, 3.05) is 0 Å². The SMILES string of the molecule is CCCCC/C=C\C/C=C\C/C=C\C/C=C\CCCC(=O)c1nccs1. The van der Waals surface area contributed by atoms with Crippen LogP contribution in [-0.4, -0.2) is 10.8 Å². The Morgan fingerprint density at radius 1 is 0.885 bits per heavy atom. The summed E-state index contributed by atoms with van der Waals surface area (Å²) in [4.78, 5) is 15.8. The van der Waals surface area contributed by atoms with Gasteiger partial charge < -0.3 is 0 Å². The molecule has 0 atom stereocenters. The van der Waals surface area contributed by atoms with Crippen molar-refractivity contribution in [3.05, 3.63) is 65.2 Å². The normalized spacial score (nSPS) is 12.3. The Labute approximate surface area is 163 Å². The molecule has 0 fully saturated rings. The van der Waals surface area contributed by atoms with E-state index in [1.807, 2.05) is 5.38 Å². The van der Waals surface area contributed by atoms with Crippen molar-refractivity contribution >= 4 is 17.1 Å². The molecule has 0 aliphatic rings. The van der Waals surface area contributed by atoms with Crippen LogP contribution in [0, 0.1) is 0 Å². The van der Waals surface area contributed by atoms with Gasteiger partial charge >= 0.3 is 0 Å². The third-order valence-electron chi connectivity index (χ3n) is 3.90. The molecule has 0 bridgehead atoms. The van der Waals surface area contributed by atoms with Gasteiger partial charge in [0.15, 0.2) is 10.8 Å². The van der Waals surface area contributed by atoms with E-state index in [1.54, 1.807) is 6.20 Å². The van der Waals surface area contributed by atoms with Gasteiger partial charge in [-0.25, -0.2) is 4.98 Å². The molecule has 3 heteroatoms. The number of carbonyl (C=O) groups is 1. The van der Waals surface area contributed by atoms with Crippen molar-refractivity contribution in [2.45, 2.75) is 71.1 Å². The van der Waals surface area contributed by atoms with Gasteiger partial charge in [-0.1, -0.05) is 68.4 Å². The zero-order valence-corrected chi connectivity index (χ0v) is 16.9. The highest BCUT2D eigenvalue weighted by Crippen LogP contribution is 2.10. The number of thiazole rings is 1. The van der Waals surface area contributed by atoms with Gasteiger partial charge in [-0.05, 0) is 44.9 Å². The molecule has 0 N–H and O–H groups in total. The van der Waals surface area contributed by atoms with Gasteiger partial charge in [0, 0.05) is 18.0 Å². The summed E-state index contributed by atoms with van der Waals surface area (Å²) >= 11 is 1.42. The van der Waals surface area contributed by atoms with Crippen LogP contribution in [-0.2, 0) is 0 Å². The van der Waals surface area contributed by atoms with Gasteiger partial charge in [0.25, 0.3) is 0 Å². The Hall–Kier alpha value is -1.74. The predicted octanol–water partition coefficient (Wildman–Crippen LogP) is 7.47. The third-order valence-corrected chi connectivity index (χ3v) is 4.72. The molecule has 1 rings (SSSR count). The summed E-state index contributed by atoms with van der Waals surface area (Å²) in [5.41, 5.74) is 0. The predicted molar refractivity (Wildman–Crippen MR) is 115 cm³/mol. The first-order valence-electron chi connectivity index (χ1n) is 9.87.